The lowest BCUT2D eigenvalue weighted by Crippen LogP contribution is -2.19. The van der Waals surface area contributed by atoms with Gasteiger partial charge in [0.05, 0.1) is 15.8 Å². The molecule has 52 heavy (non-hydrogen) atoms. The Labute approximate surface area is 302 Å². The van der Waals surface area contributed by atoms with Crippen molar-refractivity contribution in [3.63, 3.8) is 0 Å². The van der Waals surface area contributed by atoms with E-state index >= 15 is 0 Å². The zero-order valence-electron chi connectivity index (χ0n) is 28.1. The summed E-state index contributed by atoms with van der Waals surface area (Å²) in [5.74, 6) is 0. The highest BCUT2D eigenvalue weighted by Crippen LogP contribution is 2.30. The van der Waals surface area contributed by atoms with Gasteiger partial charge < -0.3 is 16.5 Å². The molecule has 8 N–H and O–H groups in total. The molecular weight excluding hydrogens is 729 g/mol. The predicted octanol–water partition coefficient (Wildman–Crippen LogP) is 4.09. The Balaban J connectivity index is 0.00000605. The van der Waals surface area contributed by atoms with Crippen LogP contribution in [0.5, 0.6) is 0 Å². The maximum atomic E-state index is 12.5. The maximum Gasteiger partial charge on any atom is 0.295 e. The van der Waals surface area contributed by atoms with Crippen molar-refractivity contribution in [1.82, 2.24) is 0 Å². The third-order valence-corrected chi connectivity index (χ3v) is 11.1. The van der Waals surface area contributed by atoms with Crippen LogP contribution in [-0.2, 0) is 36.8 Å². The van der Waals surface area contributed by atoms with Crippen LogP contribution in [0, 0.1) is 0 Å². The molecule has 0 fully saturated rings. The van der Waals surface area contributed by atoms with Gasteiger partial charge in [-0.05, 0) is 88.0 Å². The highest BCUT2D eigenvalue weighted by molar-refractivity contribution is 7.86. The van der Waals surface area contributed by atoms with E-state index < -0.39 is 30.4 Å². The van der Waals surface area contributed by atoms with E-state index in [9.17, 15) is 38.9 Å². The molecule has 274 valence electrons. The van der Waals surface area contributed by atoms with Gasteiger partial charge in [0.2, 0.25) is 0 Å². The van der Waals surface area contributed by atoms with Crippen molar-refractivity contribution in [2.45, 2.75) is 47.4 Å². The predicted molar refractivity (Wildman–Crippen MR) is 199 cm³/mol. The minimum absolute atomic E-state index is 0. The Morgan fingerprint density at radius 2 is 1.21 bits per heavy atom. The zero-order valence-corrected chi connectivity index (χ0v) is 30.5. The first-order valence-electron chi connectivity index (χ1n) is 15.7. The van der Waals surface area contributed by atoms with Gasteiger partial charge in [-0.1, -0.05) is 86.6 Å². The molecule has 0 aromatic heterocycles. The van der Waals surface area contributed by atoms with E-state index in [0.717, 1.165) is 11.3 Å². The summed E-state index contributed by atoms with van der Waals surface area (Å²) >= 11 is 0. The summed E-state index contributed by atoms with van der Waals surface area (Å²) in [7, 11) is -13.3. The first-order chi connectivity index (χ1) is 24.0. The molecule has 0 spiro atoms. The molecule has 0 radical (unpaired) electrons. The van der Waals surface area contributed by atoms with Crippen LogP contribution in [0.2, 0.25) is 0 Å². The monoisotopic (exact) mass is 766 g/mol. The number of hydrogen-bond donors (Lipinski definition) is 5. The highest BCUT2D eigenvalue weighted by Gasteiger charge is 2.20. The normalized spacial score (nSPS) is 12.4. The van der Waals surface area contributed by atoms with E-state index in [2.05, 4.69) is 5.32 Å². The van der Waals surface area contributed by atoms with Crippen LogP contribution in [0.4, 0.5) is 5.69 Å². The van der Waals surface area contributed by atoms with Gasteiger partial charge in [0.25, 0.3) is 30.4 Å². The Morgan fingerprint density at radius 3 is 1.75 bits per heavy atom. The van der Waals surface area contributed by atoms with Gasteiger partial charge in [-0.2, -0.15) is 25.3 Å². The number of benzene rings is 5. The zero-order chi connectivity index (χ0) is 37.1. The van der Waals surface area contributed by atoms with Crippen molar-refractivity contribution in [3.05, 3.63) is 154 Å². The standard InChI is InChI=1S/C37H36N2O9S3.H2O/c1-3-24-23-31(50(43,44)45)21-22-32(24)37(38)28-11-9-26(10-12-28)36(33-7-5-6-8-35(33)51(46,47)48)27-13-17-29(18-14-27)39-34(4-2)25-15-19-30(20-16-25)49(40,41)42;/h5-23,34,39H,3-4,38H2,1-2H3,(H,40,41,42)(H,43,44,45)(H,46,47,48);1H2. The van der Waals surface area contributed by atoms with E-state index in [1.54, 1.807) is 54.6 Å². The van der Waals surface area contributed by atoms with Crippen LogP contribution in [-0.4, -0.2) is 44.4 Å². The summed E-state index contributed by atoms with van der Waals surface area (Å²) in [6.07, 6.45) is 1.11. The molecule has 5 rings (SSSR count). The molecule has 1 unspecified atom stereocenters. The molecule has 0 amide bonds. The molecule has 15 heteroatoms. The van der Waals surface area contributed by atoms with Gasteiger partial charge in [0, 0.05) is 22.5 Å². The van der Waals surface area contributed by atoms with Gasteiger partial charge in [-0.3, -0.25) is 13.7 Å². The molecule has 1 atom stereocenters. The summed E-state index contributed by atoms with van der Waals surface area (Å²) in [6.45, 7) is 3.80. The fourth-order valence-electron chi connectivity index (χ4n) is 5.86. The summed E-state index contributed by atoms with van der Waals surface area (Å²) in [5, 5.41) is 4.65. The topological polar surface area (TPSA) is 233 Å². The number of anilines is 1. The second-order valence-corrected chi connectivity index (χ2v) is 15.9. The maximum absolute atomic E-state index is 12.5. The fraction of sp³-hybridized carbons (Fsp3) is 0.135. The largest absolute Gasteiger partial charge is 0.412 e. The minimum Gasteiger partial charge on any atom is -0.412 e. The summed E-state index contributed by atoms with van der Waals surface area (Å²) < 4.78 is 100. The van der Waals surface area contributed by atoms with Gasteiger partial charge >= 0.3 is 0 Å². The van der Waals surface area contributed by atoms with Crippen LogP contribution in [0.25, 0.3) is 11.3 Å². The molecule has 0 bridgehead atoms. The fourth-order valence-corrected chi connectivity index (χ4v) is 7.57. The third kappa shape index (κ3) is 8.94. The van der Waals surface area contributed by atoms with Crippen LogP contribution >= 0.6 is 0 Å². The molecule has 0 aliphatic carbocycles. The van der Waals surface area contributed by atoms with Crippen molar-refractivity contribution in [2.24, 2.45) is 5.73 Å². The smallest absolute Gasteiger partial charge is 0.295 e. The number of aryl methyl sites for hydroxylation is 1. The molecule has 5 aromatic rings. The van der Waals surface area contributed by atoms with Gasteiger partial charge in [0.1, 0.15) is 4.90 Å². The van der Waals surface area contributed by atoms with Crippen LogP contribution < -0.4 is 21.5 Å². The quantitative estimate of drug-likeness (QED) is 0.120. The van der Waals surface area contributed by atoms with Crippen molar-refractivity contribution in [2.75, 3.05) is 5.32 Å². The van der Waals surface area contributed by atoms with E-state index in [1.807, 2.05) is 38.1 Å². The Hall–Kier alpha value is -4.87. The van der Waals surface area contributed by atoms with Crippen molar-refractivity contribution >= 4 is 47.3 Å². The Kier molecular flexibility index (Phi) is 12.1. The lowest BCUT2D eigenvalue weighted by molar-refractivity contribution is 0.480. The van der Waals surface area contributed by atoms with E-state index in [4.69, 9.17) is 5.73 Å². The van der Waals surface area contributed by atoms with Crippen molar-refractivity contribution in [3.8, 4) is 0 Å². The second kappa shape index (κ2) is 15.8. The Bertz CT molecular complexity index is 2530. The molecule has 0 saturated heterocycles. The molecule has 0 saturated carbocycles. The van der Waals surface area contributed by atoms with E-state index in [0.29, 0.717) is 51.2 Å². The van der Waals surface area contributed by atoms with Gasteiger partial charge in [-0.25, -0.2) is 0 Å². The number of hydrogen-bond acceptors (Lipinski definition) is 8. The second-order valence-electron chi connectivity index (χ2n) is 11.7. The summed E-state index contributed by atoms with van der Waals surface area (Å²) in [6, 6.07) is 30.4. The summed E-state index contributed by atoms with van der Waals surface area (Å²) in [4.78, 5) is -0.709. The van der Waals surface area contributed by atoms with Crippen molar-refractivity contribution < 1.29 is 44.4 Å². The number of nitrogens with one attached hydrogen (secondary N) is 1. The first kappa shape index (κ1) is 39.9. The average Bonchev–Trinajstić information content (AvgIpc) is 3.10. The highest BCUT2D eigenvalue weighted by atomic mass is 32.2. The van der Waals surface area contributed by atoms with Crippen LogP contribution in [0.3, 0.4) is 0 Å². The summed E-state index contributed by atoms with van der Waals surface area (Å²) in [5.41, 5.74) is 11.1. The average molecular weight is 767 g/mol. The van der Waals surface area contributed by atoms with Crippen molar-refractivity contribution in [1.29, 1.82) is 0 Å². The molecule has 0 heterocycles. The molecule has 12 nitrogen and oxygen atoms in total. The lowest BCUT2D eigenvalue weighted by atomic mass is 9.94. The third-order valence-electron chi connectivity index (χ3n) is 8.47. The molecule has 0 aliphatic heterocycles. The van der Waals surface area contributed by atoms with E-state index in [-0.39, 0.29) is 31.8 Å². The number of rotatable bonds is 11. The van der Waals surface area contributed by atoms with Gasteiger partial charge in [0.15, 0.2) is 0 Å². The SMILES string of the molecule is CCc1cc(S(=O)(=O)O)ccc1C(N)=c1ccc(=C(c2ccc(NC(CC)c3ccc(S(=O)(=O)O)cc3)cc2)c2ccccc2S(=O)(=O)O)cc1.O. The Morgan fingerprint density at radius 1 is 0.654 bits per heavy atom. The van der Waals surface area contributed by atoms with Gasteiger partial charge in [-0.15, -0.1) is 0 Å². The molecule has 0 aliphatic rings. The molecular formula is C37H38N2O10S3. The van der Waals surface area contributed by atoms with E-state index in [1.165, 1.54) is 36.4 Å². The first-order valence-corrected chi connectivity index (χ1v) is 20.1. The lowest BCUT2D eigenvalue weighted by Gasteiger charge is -2.20. The number of nitrogens with two attached hydrogens (primary N) is 1. The van der Waals surface area contributed by atoms with Crippen LogP contribution in [0.1, 0.15) is 54.1 Å². The minimum atomic E-state index is -4.62. The molecule has 5 aromatic carbocycles. The van der Waals surface area contributed by atoms with Crippen LogP contribution in [0.15, 0.2) is 130 Å².